The maximum Gasteiger partial charge on any atom is 0.202 e. The van der Waals surface area contributed by atoms with Gasteiger partial charge in [0.2, 0.25) is 5.95 Å². The fraction of sp³-hybridized carbons (Fsp3) is 0.667. The van der Waals surface area contributed by atoms with E-state index < -0.39 is 0 Å². The summed E-state index contributed by atoms with van der Waals surface area (Å²) in [6.07, 6.45) is 4.65. The molecule has 1 aromatic rings. The number of anilines is 1. The summed E-state index contributed by atoms with van der Waals surface area (Å²) in [5.74, 6) is 0.896. The van der Waals surface area contributed by atoms with Crippen LogP contribution in [0.2, 0.25) is 0 Å². The third-order valence-corrected chi connectivity index (χ3v) is 1.92. The van der Waals surface area contributed by atoms with E-state index >= 15 is 0 Å². The van der Waals surface area contributed by atoms with Crippen LogP contribution < -0.4 is 11.1 Å². The minimum Gasteiger partial charge on any atom is -0.353 e. The second-order valence-corrected chi connectivity index (χ2v) is 3.62. The van der Waals surface area contributed by atoms with Crippen LogP contribution in [0, 0.1) is 0 Å². The largest absolute Gasteiger partial charge is 0.353 e. The molecule has 0 saturated heterocycles. The van der Waals surface area contributed by atoms with Gasteiger partial charge in [0, 0.05) is 31.5 Å². The van der Waals surface area contributed by atoms with Gasteiger partial charge in [0.15, 0.2) is 0 Å². The van der Waals surface area contributed by atoms with Gasteiger partial charge >= 0.3 is 0 Å². The molecule has 0 aromatic carbocycles. The number of nitrogens with zero attached hydrogens (tertiary/aromatic N) is 2. The van der Waals surface area contributed by atoms with Gasteiger partial charge in [-0.05, 0) is 20.3 Å². The Balaban J connectivity index is 2.45. The number of aryl methyl sites for hydroxylation is 1. The summed E-state index contributed by atoms with van der Waals surface area (Å²) in [7, 11) is 1.97. The number of aromatic nitrogens is 2. The normalized spacial score (nSPS) is 15.4. The number of nitrogens with one attached hydrogen (secondary N) is 1. The number of hydrogen-bond donors (Lipinski definition) is 2. The average molecular weight is 182 g/mol. The summed E-state index contributed by atoms with van der Waals surface area (Å²) in [5, 5.41) is 3.29. The van der Waals surface area contributed by atoms with Crippen LogP contribution in [0.15, 0.2) is 12.4 Å². The molecule has 0 radical (unpaired) electrons. The van der Waals surface area contributed by atoms with Gasteiger partial charge in [-0.25, -0.2) is 4.98 Å². The molecule has 2 unspecified atom stereocenters. The van der Waals surface area contributed by atoms with Gasteiger partial charge in [-0.3, -0.25) is 0 Å². The molecule has 4 heteroatoms. The topological polar surface area (TPSA) is 55.9 Å². The smallest absolute Gasteiger partial charge is 0.202 e. The molecule has 0 saturated carbocycles. The summed E-state index contributed by atoms with van der Waals surface area (Å²) >= 11 is 0. The van der Waals surface area contributed by atoms with E-state index in [9.17, 15) is 0 Å². The number of imidazole rings is 1. The van der Waals surface area contributed by atoms with Crippen LogP contribution in [0.1, 0.15) is 20.3 Å². The molecule has 4 nitrogen and oxygen atoms in total. The van der Waals surface area contributed by atoms with Crippen LogP contribution in [0.25, 0.3) is 0 Å². The molecule has 1 rings (SSSR count). The van der Waals surface area contributed by atoms with E-state index in [1.54, 1.807) is 6.20 Å². The zero-order valence-electron chi connectivity index (χ0n) is 8.49. The minimum absolute atomic E-state index is 0.225. The Morgan fingerprint density at radius 2 is 2.31 bits per heavy atom. The van der Waals surface area contributed by atoms with Crippen molar-refractivity contribution in [2.45, 2.75) is 32.4 Å². The van der Waals surface area contributed by atoms with Crippen LogP contribution in [0.5, 0.6) is 0 Å². The van der Waals surface area contributed by atoms with Crippen LogP contribution in [0.4, 0.5) is 5.95 Å². The van der Waals surface area contributed by atoms with Gasteiger partial charge in [-0.15, -0.1) is 0 Å². The second-order valence-electron chi connectivity index (χ2n) is 3.62. The van der Waals surface area contributed by atoms with Crippen molar-refractivity contribution in [3.05, 3.63) is 12.4 Å². The average Bonchev–Trinajstić information content (AvgIpc) is 2.34. The second kappa shape index (κ2) is 4.28. The van der Waals surface area contributed by atoms with E-state index in [1.165, 1.54) is 0 Å². The molecule has 1 heterocycles. The molecule has 0 spiro atoms. The lowest BCUT2D eigenvalue weighted by molar-refractivity contribution is 0.599. The standard InChI is InChI=1S/C9H18N4/c1-7(10)6-8(2)12-9-11-4-5-13(9)3/h4-5,7-8H,6,10H2,1-3H3,(H,11,12). The molecule has 2 atom stereocenters. The highest BCUT2D eigenvalue weighted by atomic mass is 15.2. The van der Waals surface area contributed by atoms with Crippen molar-refractivity contribution < 1.29 is 0 Å². The van der Waals surface area contributed by atoms with E-state index in [-0.39, 0.29) is 6.04 Å². The molecule has 3 N–H and O–H groups in total. The third kappa shape index (κ3) is 3.06. The Bertz CT molecular complexity index is 254. The first-order valence-corrected chi connectivity index (χ1v) is 4.59. The van der Waals surface area contributed by atoms with Crippen LogP contribution in [-0.4, -0.2) is 21.6 Å². The highest BCUT2D eigenvalue weighted by molar-refractivity contribution is 5.26. The van der Waals surface area contributed by atoms with Crippen molar-refractivity contribution in [1.29, 1.82) is 0 Å². The highest BCUT2D eigenvalue weighted by Crippen LogP contribution is 2.06. The SMILES string of the molecule is CC(N)CC(C)Nc1nccn1C. The van der Waals surface area contributed by atoms with Crippen LogP contribution in [-0.2, 0) is 7.05 Å². The van der Waals surface area contributed by atoms with Gasteiger partial charge in [0.05, 0.1) is 0 Å². The quantitative estimate of drug-likeness (QED) is 0.729. The number of hydrogen-bond acceptors (Lipinski definition) is 3. The molecule has 74 valence electrons. The maximum atomic E-state index is 5.69. The molecule has 13 heavy (non-hydrogen) atoms. The van der Waals surface area contributed by atoms with E-state index in [4.69, 9.17) is 5.73 Å². The predicted molar refractivity (Wildman–Crippen MR) is 54.6 cm³/mol. The Kier molecular flexibility index (Phi) is 3.31. The van der Waals surface area contributed by atoms with Crippen molar-refractivity contribution in [2.24, 2.45) is 12.8 Å². The van der Waals surface area contributed by atoms with Crippen molar-refractivity contribution in [3.63, 3.8) is 0 Å². The highest BCUT2D eigenvalue weighted by Gasteiger charge is 2.06. The van der Waals surface area contributed by atoms with Crippen molar-refractivity contribution in [2.75, 3.05) is 5.32 Å². The van der Waals surface area contributed by atoms with Gasteiger partial charge < -0.3 is 15.6 Å². The lowest BCUT2D eigenvalue weighted by Gasteiger charge is -2.16. The summed E-state index contributed by atoms with van der Waals surface area (Å²) < 4.78 is 1.96. The molecular weight excluding hydrogens is 164 g/mol. The zero-order valence-corrected chi connectivity index (χ0v) is 8.49. The fourth-order valence-corrected chi connectivity index (χ4v) is 1.34. The van der Waals surface area contributed by atoms with Gasteiger partial charge in [-0.2, -0.15) is 0 Å². The molecule has 0 aliphatic carbocycles. The maximum absolute atomic E-state index is 5.69. The molecule has 0 fully saturated rings. The molecule has 0 amide bonds. The van der Waals surface area contributed by atoms with Crippen molar-refractivity contribution >= 4 is 5.95 Å². The summed E-state index contributed by atoms with van der Waals surface area (Å²) in [5.41, 5.74) is 5.69. The van der Waals surface area contributed by atoms with Crippen molar-refractivity contribution in [3.8, 4) is 0 Å². The molecule has 1 aromatic heterocycles. The molecule has 0 bridgehead atoms. The van der Waals surface area contributed by atoms with E-state index in [1.807, 2.05) is 24.7 Å². The van der Waals surface area contributed by atoms with E-state index in [0.717, 1.165) is 12.4 Å². The lowest BCUT2D eigenvalue weighted by Crippen LogP contribution is -2.27. The fourth-order valence-electron chi connectivity index (χ4n) is 1.34. The molecular formula is C9H18N4. The van der Waals surface area contributed by atoms with Crippen molar-refractivity contribution in [1.82, 2.24) is 9.55 Å². The Morgan fingerprint density at radius 1 is 1.62 bits per heavy atom. The van der Waals surface area contributed by atoms with Gasteiger partial charge in [0.25, 0.3) is 0 Å². The van der Waals surface area contributed by atoms with E-state index in [2.05, 4.69) is 17.2 Å². The third-order valence-electron chi connectivity index (χ3n) is 1.92. The van der Waals surface area contributed by atoms with Crippen LogP contribution >= 0.6 is 0 Å². The molecule has 0 aliphatic rings. The summed E-state index contributed by atoms with van der Waals surface area (Å²) in [4.78, 5) is 4.17. The Hall–Kier alpha value is -1.03. The minimum atomic E-state index is 0.225. The molecule has 0 aliphatic heterocycles. The Morgan fingerprint density at radius 3 is 2.77 bits per heavy atom. The lowest BCUT2D eigenvalue weighted by atomic mass is 10.1. The predicted octanol–water partition coefficient (Wildman–Crippen LogP) is 0.958. The van der Waals surface area contributed by atoms with Crippen LogP contribution in [0.3, 0.4) is 0 Å². The first-order valence-electron chi connectivity index (χ1n) is 4.59. The van der Waals surface area contributed by atoms with Gasteiger partial charge in [0.1, 0.15) is 0 Å². The summed E-state index contributed by atoms with van der Waals surface area (Å²) in [6.45, 7) is 4.12. The first-order chi connectivity index (χ1) is 6.09. The number of rotatable bonds is 4. The van der Waals surface area contributed by atoms with E-state index in [0.29, 0.717) is 6.04 Å². The monoisotopic (exact) mass is 182 g/mol. The number of nitrogens with two attached hydrogens (primary N) is 1. The Labute approximate surface area is 79.1 Å². The first kappa shape index (κ1) is 10.1. The van der Waals surface area contributed by atoms with Gasteiger partial charge in [-0.1, -0.05) is 0 Å². The zero-order chi connectivity index (χ0) is 9.84. The summed E-state index contributed by atoms with van der Waals surface area (Å²) in [6, 6.07) is 0.587.